The standard InChI is InChI=1S/C6H14N/c1-3-6(4-2)5-7/h6H,1,3-5,7H2,2H3. The normalized spacial score (nSPS) is 10.3. The fraction of sp³-hybridized carbons (Fsp3) is 0.833. The summed E-state index contributed by atoms with van der Waals surface area (Å²) in [5, 5.41) is 0. The molecule has 0 aromatic rings. The van der Waals surface area contributed by atoms with Gasteiger partial charge in [-0.2, -0.15) is 0 Å². The molecule has 43 valence electrons. The van der Waals surface area contributed by atoms with Crippen molar-refractivity contribution in [3.8, 4) is 0 Å². The van der Waals surface area contributed by atoms with Crippen molar-refractivity contribution in [3.05, 3.63) is 6.92 Å². The van der Waals surface area contributed by atoms with Gasteiger partial charge in [-0.15, -0.1) is 0 Å². The maximum Gasteiger partial charge on any atom is -0.00490 e. The van der Waals surface area contributed by atoms with Crippen LogP contribution in [0, 0.1) is 12.8 Å². The van der Waals surface area contributed by atoms with E-state index < -0.39 is 0 Å². The molecular weight excluding hydrogens is 86.1 g/mol. The van der Waals surface area contributed by atoms with Crippen molar-refractivity contribution in [1.82, 2.24) is 0 Å². The molecule has 0 amide bonds. The zero-order valence-corrected chi connectivity index (χ0v) is 4.98. The molecule has 7 heavy (non-hydrogen) atoms. The van der Waals surface area contributed by atoms with Crippen LogP contribution >= 0.6 is 0 Å². The van der Waals surface area contributed by atoms with Crippen molar-refractivity contribution >= 4 is 0 Å². The lowest BCUT2D eigenvalue weighted by atomic mass is 10.0. The molecule has 0 aliphatic carbocycles. The van der Waals surface area contributed by atoms with E-state index in [9.17, 15) is 0 Å². The zero-order valence-electron chi connectivity index (χ0n) is 4.98. The van der Waals surface area contributed by atoms with Gasteiger partial charge in [-0.1, -0.05) is 20.3 Å². The van der Waals surface area contributed by atoms with E-state index in [-0.39, 0.29) is 0 Å². The molecule has 0 aromatic heterocycles. The Kier molecular flexibility index (Phi) is 4.10. The number of hydrogen-bond acceptors (Lipinski definition) is 1. The van der Waals surface area contributed by atoms with Gasteiger partial charge in [-0.05, 0) is 18.9 Å². The van der Waals surface area contributed by atoms with E-state index in [4.69, 9.17) is 5.73 Å². The van der Waals surface area contributed by atoms with Crippen LogP contribution in [0.25, 0.3) is 0 Å². The monoisotopic (exact) mass is 100 g/mol. The third kappa shape index (κ3) is 2.63. The predicted molar refractivity (Wildman–Crippen MR) is 32.8 cm³/mol. The Hall–Kier alpha value is -0.0400. The molecule has 0 aliphatic rings. The summed E-state index contributed by atoms with van der Waals surface area (Å²) in [6.45, 7) is 6.68. The van der Waals surface area contributed by atoms with Crippen LogP contribution in [-0.2, 0) is 0 Å². The summed E-state index contributed by atoms with van der Waals surface area (Å²) in [5.41, 5.74) is 5.35. The van der Waals surface area contributed by atoms with Crippen molar-refractivity contribution in [2.45, 2.75) is 19.8 Å². The highest BCUT2D eigenvalue weighted by molar-refractivity contribution is 4.57. The Morgan fingerprint density at radius 1 is 1.71 bits per heavy atom. The second-order valence-corrected chi connectivity index (χ2v) is 1.80. The molecule has 1 heteroatoms. The third-order valence-electron chi connectivity index (χ3n) is 1.32. The quantitative estimate of drug-likeness (QED) is 0.566. The van der Waals surface area contributed by atoms with Crippen molar-refractivity contribution in [1.29, 1.82) is 0 Å². The first-order valence-corrected chi connectivity index (χ1v) is 2.84. The SMILES string of the molecule is [CH2]CC(CC)CN. The van der Waals surface area contributed by atoms with E-state index >= 15 is 0 Å². The summed E-state index contributed by atoms with van der Waals surface area (Å²) < 4.78 is 0. The van der Waals surface area contributed by atoms with E-state index in [0.29, 0.717) is 5.92 Å². The van der Waals surface area contributed by atoms with E-state index in [1.165, 1.54) is 6.42 Å². The van der Waals surface area contributed by atoms with Crippen molar-refractivity contribution in [3.63, 3.8) is 0 Å². The first kappa shape index (κ1) is 6.96. The van der Waals surface area contributed by atoms with Gasteiger partial charge < -0.3 is 5.73 Å². The van der Waals surface area contributed by atoms with Crippen LogP contribution in [-0.4, -0.2) is 6.54 Å². The molecule has 0 spiro atoms. The van der Waals surface area contributed by atoms with Gasteiger partial charge in [-0.25, -0.2) is 0 Å². The third-order valence-corrected chi connectivity index (χ3v) is 1.32. The highest BCUT2D eigenvalue weighted by atomic mass is 14.5. The summed E-state index contributed by atoms with van der Waals surface area (Å²) >= 11 is 0. The van der Waals surface area contributed by atoms with Gasteiger partial charge in [-0.3, -0.25) is 0 Å². The van der Waals surface area contributed by atoms with Crippen LogP contribution in [0.1, 0.15) is 19.8 Å². The molecule has 1 radical (unpaired) electrons. The molecule has 2 N–H and O–H groups in total. The highest BCUT2D eigenvalue weighted by Gasteiger charge is 1.96. The molecule has 0 saturated heterocycles. The molecule has 0 aromatic carbocycles. The Labute approximate surface area is 45.9 Å². The predicted octanol–water partition coefficient (Wildman–Crippen LogP) is 1.20. The van der Waals surface area contributed by atoms with E-state index in [1.54, 1.807) is 0 Å². The van der Waals surface area contributed by atoms with Crippen molar-refractivity contribution < 1.29 is 0 Å². The summed E-state index contributed by atoms with van der Waals surface area (Å²) in [7, 11) is 0. The average molecular weight is 100 g/mol. The maximum atomic E-state index is 5.35. The van der Waals surface area contributed by atoms with Crippen molar-refractivity contribution in [2.24, 2.45) is 11.7 Å². The highest BCUT2D eigenvalue weighted by Crippen LogP contribution is 2.02. The van der Waals surface area contributed by atoms with E-state index in [0.717, 1.165) is 13.0 Å². The summed E-state index contributed by atoms with van der Waals surface area (Å²) in [5.74, 6) is 0.653. The zero-order chi connectivity index (χ0) is 5.70. The Bertz CT molecular complexity index is 25.7. The van der Waals surface area contributed by atoms with E-state index in [2.05, 4.69) is 13.8 Å². The van der Waals surface area contributed by atoms with Gasteiger partial charge in [0.25, 0.3) is 0 Å². The molecule has 0 rings (SSSR count). The minimum Gasteiger partial charge on any atom is -0.330 e. The van der Waals surface area contributed by atoms with Gasteiger partial charge in [0.2, 0.25) is 0 Å². The smallest absolute Gasteiger partial charge is 0.00490 e. The second kappa shape index (κ2) is 4.13. The van der Waals surface area contributed by atoms with Crippen LogP contribution in [0.5, 0.6) is 0 Å². The fourth-order valence-electron chi connectivity index (χ4n) is 0.489. The Morgan fingerprint density at radius 3 is 2.29 bits per heavy atom. The largest absolute Gasteiger partial charge is 0.330 e. The molecule has 0 aliphatic heterocycles. The van der Waals surface area contributed by atoms with Crippen LogP contribution in [0.3, 0.4) is 0 Å². The molecule has 0 fully saturated rings. The fourth-order valence-corrected chi connectivity index (χ4v) is 0.489. The molecular formula is C6H14N. The minimum atomic E-state index is 0.653. The van der Waals surface area contributed by atoms with E-state index in [1.807, 2.05) is 0 Å². The molecule has 0 bridgehead atoms. The van der Waals surface area contributed by atoms with Crippen LogP contribution in [0.4, 0.5) is 0 Å². The Balaban J connectivity index is 2.99. The summed E-state index contributed by atoms with van der Waals surface area (Å²) in [6.07, 6.45) is 2.15. The van der Waals surface area contributed by atoms with Gasteiger partial charge in [0.05, 0.1) is 0 Å². The van der Waals surface area contributed by atoms with Gasteiger partial charge in [0, 0.05) is 0 Å². The Morgan fingerprint density at radius 2 is 2.29 bits per heavy atom. The number of nitrogens with two attached hydrogens (primary N) is 1. The first-order chi connectivity index (χ1) is 3.35. The first-order valence-electron chi connectivity index (χ1n) is 2.84. The molecule has 0 saturated carbocycles. The van der Waals surface area contributed by atoms with Gasteiger partial charge in [0.15, 0.2) is 0 Å². The van der Waals surface area contributed by atoms with Crippen LogP contribution < -0.4 is 5.73 Å². The second-order valence-electron chi connectivity index (χ2n) is 1.80. The van der Waals surface area contributed by atoms with Crippen molar-refractivity contribution in [2.75, 3.05) is 6.54 Å². The summed E-state index contributed by atoms with van der Waals surface area (Å²) in [6, 6.07) is 0. The minimum absolute atomic E-state index is 0.653. The molecule has 0 heterocycles. The maximum absolute atomic E-state index is 5.35. The molecule has 1 nitrogen and oxygen atoms in total. The van der Waals surface area contributed by atoms with Crippen LogP contribution in [0.15, 0.2) is 0 Å². The van der Waals surface area contributed by atoms with Crippen LogP contribution in [0.2, 0.25) is 0 Å². The van der Waals surface area contributed by atoms with Gasteiger partial charge in [0.1, 0.15) is 0 Å². The average Bonchev–Trinajstić information content (AvgIpc) is 1.72. The number of hydrogen-bond donors (Lipinski definition) is 1. The lowest BCUT2D eigenvalue weighted by molar-refractivity contribution is 0.527. The molecule has 1 unspecified atom stereocenters. The number of rotatable bonds is 3. The lowest BCUT2D eigenvalue weighted by Crippen LogP contribution is -2.11. The lowest BCUT2D eigenvalue weighted by Gasteiger charge is -2.05. The molecule has 1 atom stereocenters. The topological polar surface area (TPSA) is 26.0 Å². The van der Waals surface area contributed by atoms with Gasteiger partial charge >= 0.3 is 0 Å². The summed E-state index contributed by atoms with van der Waals surface area (Å²) in [4.78, 5) is 0.